The first-order valence-corrected chi connectivity index (χ1v) is 7.97. The van der Waals surface area contributed by atoms with Crippen LogP contribution in [-0.2, 0) is 9.53 Å². The number of benzene rings is 2. The van der Waals surface area contributed by atoms with Gasteiger partial charge < -0.3 is 9.64 Å². The van der Waals surface area contributed by atoms with Crippen LogP contribution < -0.4 is 4.90 Å². The van der Waals surface area contributed by atoms with Gasteiger partial charge in [0.05, 0.1) is 4.92 Å². The topological polar surface area (TPSA) is 85.0 Å². The Hall–Kier alpha value is -3.19. The van der Waals surface area contributed by atoms with Crippen LogP contribution in [0.25, 0.3) is 6.08 Å². The zero-order chi connectivity index (χ0) is 18.8. The molecule has 0 radical (unpaired) electrons. The molecule has 8 heteroatoms. The number of halogens is 1. The number of nitrogens with zero attached hydrogens (tertiary/aromatic N) is 3. The second-order valence-corrected chi connectivity index (χ2v) is 6.15. The van der Waals surface area contributed by atoms with Crippen molar-refractivity contribution in [2.45, 2.75) is 0 Å². The number of anilines is 1. The fourth-order valence-corrected chi connectivity index (χ4v) is 2.53. The standard InChI is InChI=1S/C18H14ClN3O4/c1-21(2)13-6-3-11(4-7-13)9-15-18(23)26-17(20-15)12-5-8-14(19)16(10-12)22(24)25/h3-10H,1-2H3. The fourth-order valence-electron chi connectivity index (χ4n) is 2.34. The molecule has 0 aromatic heterocycles. The number of carbonyl (C=O) groups excluding carboxylic acids is 1. The molecule has 0 saturated heterocycles. The first-order valence-electron chi connectivity index (χ1n) is 7.59. The highest BCUT2D eigenvalue weighted by atomic mass is 35.5. The van der Waals surface area contributed by atoms with Crippen LogP contribution in [0.15, 0.2) is 53.2 Å². The lowest BCUT2D eigenvalue weighted by atomic mass is 10.1. The molecule has 0 spiro atoms. The second kappa shape index (κ2) is 6.97. The van der Waals surface area contributed by atoms with Crippen molar-refractivity contribution in [1.82, 2.24) is 0 Å². The van der Waals surface area contributed by atoms with Gasteiger partial charge in [-0.1, -0.05) is 23.7 Å². The first-order chi connectivity index (χ1) is 12.3. The molecule has 7 nitrogen and oxygen atoms in total. The maximum atomic E-state index is 12.1. The summed E-state index contributed by atoms with van der Waals surface area (Å²) in [6.45, 7) is 0. The number of carbonyl (C=O) groups is 1. The molecular formula is C18H14ClN3O4. The summed E-state index contributed by atoms with van der Waals surface area (Å²) in [5.41, 5.74) is 1.96. The molecule has 0 atom stereocenters. The predicted octanol–water partition coefficient (Wildman–Crippen LogP) is 3.66. The van der Waals surface area contributed by atoms with Gasteiger partial charge >= 0.3 is 5.97 Å². The van der Waals surface area contributed by atoms with Gasteiger partial charge in [-0.25, -0.2) is 9.79 Å². The average Bonchev–Trinajstić information content (AvgIpc) is 2.96. The molecule has 1 heterocycles. The number of cyclic esters (lactones) is 1. The Morgan fingerprint density at radius 3 is 2.50 bits per heavy atom. The predicted molar refractivity (Wildman–Crippen MR) is 99.5 cm³/mol. The molecule has 132 valence electrons. The lowest BCUT2D eigenvalue weighted by Gasteiger charge is -2.11. The van der Waals surface area contributed by atoms with E-state index in [9.17, 15) is 14.9 Å². The van der Waals surface area contributed by atoms with Gasteiger partial charge in [-0.2, -0.15) is 0 Å². The van der Waals surface area contributed by atoms with Crippen LogP contribution >= 0.6 is 11.6 Å². The summed E-state index contributed by atoms with van der Waals surface area (Å²) >= 11 is 5.79. The van der Waals surface area contributed by atoms with Crippen LogP contribution in [0.3, 0.4) is 0 Å². The molecule has 2 aromatic rings. The Bertz CT molecular complexity index is 949. The fraction of sp³-hybridized carbons (Fsp3) is 0.111. The van der Waals surface area contributed by atoms with Crippen LogP contribution in [0.4, 0.5) is 11.4 Å². The summed E-state index contributed by atoms with van der Waals surface area (Å²) in [6.07, 6.45) is 1.60. The van der Waals surface area contributed by atoms with E-state index < -0.39 is 10.9 Å². The molecule has 1 aliphatic heterocycles. The van der Waals surface area contributed by atoms with Crippen molar-refractivity contribution in [3.63, 3.8) is 0 Å². The minimum atomic E-state index is -0.616. The molecule has 0 unspecified atom stereocenters. The molecule has 3 rings (SSSR count). The van der Waals surface area contributed by atoms with Crippen molar-refractivity contribution in [3.05, 3.63) is 74.4 Å². The third-order valence-electron chi connectivity index (χ3n) is 3.72. The van der Waals surface area contributed by atoms with Crippen molar-refractivity contribution in [3.8, 4) is 0 Å². The molecule has 0 bridgehead atoms. The van der Waals surface area contributed by atoms with E-state index in [1.165, 1.54) is 18.2 Å². The van der Waals surface area contributed by atoms with E-state index in [-0.39, 0.29) is 22.3 Å². The summed E-state index contributed by atoms with van der Waals surface area (Å²) in [5.74, 6) is -0.611. The molecule has 0 saturated carbocycles. The maximum Gasteiger partial charge on any atom is 0.363 e. The Morgan fingerprint density at radius 1 is 1.19 bits per heavy atom. The molecule has 26 heavy (non-hydrogen) atoms. The van der Waals surface area contributed by atoms with E-state index in [0.717, 1.165) is 11.3 Å². The van der Waals surface area contributed by atoms with Gasteiger partial charge in [0.1, 0.15) is 5.02 Å². The summed E-state index contributed by atoms with van der Waals surface area (Å²) in [5, 5.41) is 11.0. The van der Waals surface area contributed by atoms with E-state index in [2.05, 4.69) is 4.99 Å². The monoisotopic (exact) mass is 371 g/mol. The van der Waals surface area contributed by atoms with Gasteiger partial charge in [0.2, 0.25) is 5.90 Å². The van der Waals surface area contributed by atoms with Crippen molar-refractivity contribution in [2.24, 2.45) is 4.99 Å². The SMILES string of the molecule is CN(C)c1ccc(C=C2N=C(c3ccc(Cl)c([N+](=O)[O-])c3)OC2=O)cc1. The minimum absolute atomic E-state index is 0.000390. The van der Waals surface area contributed by atoms with Gasteiger partial charge in [-0.05, 0) is 35.9 Å². The number of hydrogen-bond donors (Lipinski definition) is 0. The smallest absolute Gasteiger partial charge is 0.363 e. The third kappa shape index (κ3) is 3.57. The van der Waals surface area contributed by atoms with Crippen LogP contribution in [-0.4, -0.2) is 30.9 Å². The van der Waals surface area contributed by atoms with Crippen LogP contribution in [0.1, 0.15) is 11.1 Å². The number of aliphatic imine (C=N–C) groups is 1. The highest BCUT2D eigenvalue weighted by Gasteiger charge is 2.26. The normalized spacial score (nSPS) is 15.0. The van der Waals surface area contributed by atoms with Crippen LogP contribution in [0.5, 0.6) is 0 Å². The van der Waals surface area contributed by atoms with Crippen LogP contribution in [0, 0.1) is 10.1 Å². The lowest BCUT2D eigenvalue weighted by molar-refractivity contribution is -0.384. The molecular weight excluding hydrogens is 358 g/mol. The quantitative estimate of drug-likeness (QED) is 0.354. The largest absolute Gasteiger partial charge is 0.402 e. The number of hydrogen-bond acceptors (Lipinski definition) is 6. The van der Waals surface area contributed by atoms with E-state index in [4.69, 9.17) is 16.3 Å². The first kappa shape index (κ1) is 17.6. The Kier molecular flexibility index (Phi) is 4.73. The van der Waals surface area contributed by atoms with Gasteiger partial charge in [-0.15, -0.1) is 0 Å². The maximum absolute atomic E-state index is 12.1. The lowest BCUT2D eigenvalue weighted by Crippen LogP contribution is -2.08. The number of rotatable bonds is 4. The summed E-state index contributed by atoms with van der Waals surface area (Å²) in [6, 6.07) is 11.7. The van der Waals surface area contributed by atoms with Gasteiger partial charge in [0.25, 0.3) is 5.69 Å². The van der Waals surface area contributed by atoms with Crippen molar-refractivity contribution in [2.75, 3.05) is 19.0 Å². The van der Waals surface area contributed by atoms with Crippen molar-refractivity contribution in [1.29, 1.82) is 0 Å². The van der Waals surface area contributed by atoms with Gasteiger partial charge in [-0.3, -0.25) is 10.1 Å². The average molecular weight is 372 g/mol. The highest BCUT2D eigenvalue weighted by Crippen LogP contribution is 2.27. The summed E-state index contributed by atoms with van der Waals surface area (Å²) in [7, 11) is 3.87. The number of esters is 1. The van der Waals surface area contributed by atoms with Crippen LogP contribution in [0.2, 0.25) is 5.02 Å². The second-order valence-electron chi connectivity index (χ2n) is 5.75. The van der Waals surface area contributed by atoms with E-state index >= 15 is 0 Å². The number of ether oxygens (including phenoxy) is 1. The molecule has 2 aromatic carbocycles. The minimum Gasteiger partial charge on any atom is -0.402 e. The molecule has 0 aliphatic carbocycles. The van der Waals surface area contributed by atoms with Gasteiger partial charge in [0, 0.05) is 31.4 Å². The molecule has 0 N–H and O–H groups in total. The third-order valence-corrected chi connectivity index (χ3v) is 4.04. The van der Waals surface area contributed by atoms with Crippen molar-refractivity contribution < 1.29 is 14.5 Å². The number of nitro benzene ring substituents is 1. The summed E-state index contributed by atoms with van der Waals surface area (Å²) < 4.78 is 5.14. The zero-order valence-electron chi connectivity index (χ0n) is 14.0. The van der Waals surface area contributed by atoms with E-state index in [1.54, 1.807) is 6.08 Å². The van der Waals surface area contributed by atoms with E-state index in [1.807, 2.05) is 43.3 Å². The van der Waals surface area contributed by atoms with E-state index in [0.29, 0.717) is 5.56 Å². The Balaban J connectivity index is 1.91. The van der Waals surface area contributed by atoms with Gasteiger partial charge in [0.15, 0.2) is 5.70 Å². The Morgan fingerprint density at radius 2 is 1.88 bits per heavy atom. The number of nitro groups is 1. The molecule has 0 amide bonds. The Labute approximate surface area is 154 Å². The highest BCUT2D eigenvalue weighted by molar-refractivity contribution is 6.32. The molecule has 1 aliphatic rings. The van der Waals surface area contributed by atoms with Crippen molar-refractivity contribution >= 4 is 40.9 Å². The zero-order valence-corrected chi connectivity index (χ0v) is 14.7. The molecule has 0 fully saturated rings. The summed E-state index contributed by atoms with van der Waals surface area (Å²) in [4.78, 5) is 28.6.